The first-order valence-corrected chi connectivity index (χ1v) is 10.7. The highest BCUT2D eigenvalue weighted by atomic mass is 35.5. The van der Waals surface area contributed by atoms with Gasteiger partial charge in [0.15, 0.2) is 0 Å². The SMILES string of the molecule is CCOC(=O)c1cnn(C)c1NC(=O)CN1CCN(CCOc2ccccc2Cl)CC1. The molecule has 10 heteroatoms. The number of esters is 1. The molecule has 1 N–H and O–H groups in total. The van der Waals surface area contributed by atoms with Gasteiger partial charge in [-0.3, -0.25) is 19.3 Å². The number of hydrogen-bond acceptors (Lipinski definition) is 7. The number of benzene rings is 1. The molecule has 0 spiro atoms. The van der Waals surface area contributed by atoms with Gasteiger partial charge in [0.2, 0.25) is 5.91 Å². The van der Waals surface area contributed by atoms with Crippen molar-refractivity contribution in [3.8, 4) is 5.75 Å². The lowest BCUT2D eigenvalue weighted by atomic mass is 10.3. The van der Waals surface area contributed by atoms with Gasteiger partial charge in [-0.15, -0.1) is 0 Å². The van der Waals surface area contributed by atoms with E-state index >= 15 is 0 Å². The topological polar surface area (TPSA) is 88.9 Å². The minimum Gasteiger partial charge on any atom is -0.491 e. The van der Waals surface area contributed by atoms with E-state index < -0.39 is 5.97 Å². The second-order valence-corrected chi connectivity index (χ2v) is 7.60. The van der Waals surface area contributed by atoms with Crippen molar-refractivity contribution in [3.05, 3.63) is 41.0 Å². The first kappa shape index (κ1) is 23.1. The van der Waals surface area contributed by atoms with Crippen LogP contribution in [-0.2, 0) is 16.6 Å². The van der Waals surface area contributed by atoms with Gasteiger partial charge in [0.05, 0.1) is 24.4 Å². The van der Waals surface area contributed by atoms with Crippen LogP contribution in [0.15, 0.2) is 30.5 Å². The Morgan fingerprint density at radius 1 is 1.16 bits per heavy atom. The minimum atomic E-state index is -0.501. The highest BCUT2D eigenvalue weighted by molar-refractivity contribution is 6.32. The number of aromatic nitrogens is 2. The van der Waals surface area contributed by atoms with Crippen molar-refractivity contribution in [2.75, 3.05) is 57.8 Å². The summed E-state index contributed by atoms with van der Waals surface area (Å²) in [6.45, 7) is 6.83. The van der Waals surface area contributed by atoms with Gasteiger partial charge in [-0.05, 0) is 19.1 Å². The zero-order valence-corrected chi connectivity index (χ0v) is 18.6. The maximum atomic E-state index is 12.5. The van der Waals surface area contributed by atoms with Gasteiger partial charge < -0.3 is 14.8 Å². The summed E-state index contributed by atoms with van der Waals surface area (Å²) in [5, 5.41) is 7.44. The van der Waals surface area contributed by atoms with E-state index in [4.69, 9.17) is 21.1 Å². The van der Waals surface area contributed by atoms with Crippen LogP contribution in [0.4, 0.5) is 5.82 Å². The summed E-state index contributed by atoms with van der Waals surface area (Å²) >= 11 is 6.10. The molecule has 1 aromatic heterocycles. The summed E-state index contributed by atoms with van der Waals surface area (Å²) in [6.07, 6.45) is 1.40. The van der Waals surface area contributed by atoms with Crippen LogP contribution in [0, 0.1) is 0 Å². The predicted molar refractivity (Wildman–Crippen MR) is 118 cm³/mol. The van der Waals surface area contributed by atoms with Gasteiger partial charge in [0, 0.05) is 39.8 Å². The fraction of sp³-hybridized carbons (Fsp3) is 0.476. The summed E-state index contributed by atoms with van der Waals surface area (Å²) in [4.78, 5) is 28.9. The smallest absolute Gasteiger partial charge is 0.343 e. The molecule has 31 heavy (non-hydrogen) atoms. The Labute approximate surface area is 186 Å². The summed E-state index contributed by atoms with van der Waals surface area (Å²) in [6, 6.07) is 7.43. The lowest BCUT2D eigenvalue weighted by molar-refractivity contribution is -0.117. The van der Waals surface area contributed by atoms with Crippen molar-refractivity contribution < 1.29 is 19.1 Å². The molecule has 1 aliphatic heterocycles. The molecule has 0 radical (unpaired) electrons. The summed E-state index contributed by atoms with van der Waals surface area (Å²) in [7, 11) is 1.67. The number of piperazine rings is 1. The third kappa shape index (κ3) is 6.43. The lowest BCUT2D eigenvalue weighted by Crippen LogP contribution is -2.49. The number of nitrogens with zero attached hydrogens (tertiary/aromatic N) is 4. The van der Waals surface area contributed by atoms with E-state index in [2.05, 4.69) is 20.2 Å². The summed E-state index contributed by atoms with van der Waals surface area (Å²) < 4.78 is 12.2. The number of ether oxygens (including phenoxy) is 2. The monoisotopic (exact) mass is 449 g/mol. The Balaban J connectivity index is 1.41. The quantitative estimate of drug-likeness (QED) is 0.585. The van der Waals surface area contributed by atoms with Crippen LogP contribution in [0.25, 0.3) is 0 Å². The number of carbonyl (C=O) groups excluding carboxylic acids is 2. The standard InChI is InChI=1S/C21H28ClN5O4/c1-3-30-21(29)16-14-23-25(2)20(16)24-19(28)15-27-10-8-26(9-11-27)12-13-31-18-7-5-4-6-17(18)22/h4-7,14H,3,8-13,15H2,1-2H3,(H,24,28). The Morgan fingerprint density at radius 2 is 1.87 bits per heavy atom. The fourth-order valence-electron chi connectivity index (χ4n) is 3.34. The zero-order chi connectivity index (χ0) is 22.2. The molecular formula is C21H28ClN5O4. The molecule has 2 aromatic rings. The number of para-hydroxylation sites is 1. The summed E-state index contributed by atoms with van der Waals surface area (Å²) in [5.41, 5.74) is 0.251. The second kappa shape index (κ2) is 11.1. The molecule has 9 nitrogen and oxygen atoms in total. The third-order valence-electron chi connectivity index (χ3n) is 5.03. The Bertz CT molecular complexity index is 896. The van der Waals surface area contributed by atoms with Crippen LogP contribution in [0.2, 0.25) is 5.02 Å². The molecule has 168 valence electrons. The van der Waals surface area contributed by atoms with Gasteiger partial charge in [0.1, 0.15) is 23.7 Å². The number of hydrogen-bond donors (Lipinski definition) is 1. The molecule has 0 unspecified atom stereocenters. The zero-order valence-electron chi connectivity index (χ0n) is 17.8. The van der Waals surface area contributed by atoms with E-state index in [1.54, 1.807) is 14.0 Å². The minimum absolute atomic E-state index is 0.190. The number of rotatable bonds is 9. The van der Waals surface area contributed by atoms with Crippen molar-refractivity contribution in [3.63, 3.8) is 0 Å². The summed E-state index contributed by atoms with van der Waals surface area (Å²) in [5.74, 6) is 0.346. The maximum Gasteiger partial charge on any atom is 0.343 e. The number of halogens is 1. The Kier molecular flexibility index (Phi) is 8.27. The van der Waals surface area contributed by atoms with Crippen LogP contribution in [0.3, 0.4) is 0 Å². The number of amides is 1. The molecule has 1 saturated heterocycles. The maximum absolute atomic E-state index is 12.5. The van der Waals surface area contributed by atoms with E-state index in [1.165, 1.54) is 10.9 Å². The largest absolute Gasteiger partial charge is 0.491 e. The van der Waals surface area contributed by atoms with Crippen LogP contribution < -0.4 is 10.1 Å². The second-order valence-electron chi connectivity index (χ2n) is 7.20. The Morgan fingerprint density at radius 3 is 2.58 bits per heavy atom. The Hall–Kier alpha value is -2.62. The molecule has 2 heterocycles. The molecule has 1 aliphatic rings. The number of nitrogens with one attached hydrogen (secondary N) is 1. The molecule has 1 fully saturated rings. The third-order valence-corrected chi connectivity index (χ3v) is 5.34. The van der Waals surface area contributed by atoms with Gasteiger partial charge in [-0.25, -0.2) is 4.79 Å². The lowest BCUT2D eigenvalue weighted by Gasteiger charge is -2.34. The highest BCUT2D eigenvalue weighted by Crippen LogP contribution is 2.23. The number of anilines is 1. The normalized spacial score (nSPS) is 14.9. The highest BCUT2D eigenvalue weighted by Gasteiger charge is 2.22. The molecule has 1 amide bonds. The molecular weight excluding hydrogens is 422 g/mol. The first-order chi connectivity index (χ1) is 15.0. The number of carbonyl (C=O) groups is 2. The van der Waals surface area contributed by atoms with Gasteiger partial charge >= 0.3 is 5.97 Å². The van der Waals surface area contributed by atoms with Crippen molar-refractivity contribution in [2.45, 2.75) is 6.92 Å². The molecule has 0 bridgehead atoms. The van der Waals surface area contributed by atoms with E-state index in [0.29, 0.717) is 23.2 Å². The van der Waals surface area contributed by atoms with Gasteiger partial charge in [-0.1, -0.05) is 23.7 Å². The average Bonchev–Trinajstić information content (AvgIpc) is 3.11. The van der Waals surface area contributed by atoms with Crippen LogP contribution in [-0.4, -0.2) is 83.9 Å². The molecule has 3 rings (SSSR count). The van der Waals surface area contributed by atoms with Crippen LogP contribution in [0.5, 0.6) is 5.75 Å². The van der Waals surface area contributed by atoms with E-state index in [0.717, 1.165) is 32.7 Å². The van der Waals surface area contributed by atoms with Crippen molar-refractivity contribution >= 4 is 29.3 Å². The molecule has 1 aromatic carbocycles. The van der Waals surface area contributed by atoms with Gasteiger partial charge in [0.25, 0.3) is 0 Å². The van der Waals surface area contributed by atoms with Crippen molar-refractivity contribution in [2.24, 2.45) is 7.05 Å². The van der Waals surface area contributed by atoms with Crippen molar-refractivity contribution in [1.82, 2.24) is 19.6 Å². The van der Waals surface area contributed by atoms with E-state index in [-0.39, 0.29) is 24.6 Å². The van der Waals surface area contributed by atoms with Crippen LogP contribution >= 0.6 is 11.6 Å². The number of aryl methyl sites for hydroxylation is 1. The predicted octanol–water partition coefficient (Wildman–Crippen LogP) is 1.89. The van der Waals surface area contributed by atoms with E-state index in [1.807, 2.05) is 24.3 Å². The van der Waals surface area contributed by atoms with Crippen molar-refractivity contribution in [1.29, 1.82) is 0 Å². The first-order valence-electron chi connectivity index (χ1n) is 10.3. The molecule has 0 atom stereocenters. The van der Waals surface area contributed by atoms with Crippen LogP contribution in [0.1, 0.15) is 17.3 Å². The van der Waals surface area contributed by atoms with E-state index in [9.17, 15) is 9.59 Å². The average molecular weight is 450 g/mol. The van der Waals surface area contributed by atoms with Gasteiger partial charge in [-0.2, -0.15) is 5.10 Å². The molecule has 0 aliphatic carbocycles. The molecule has 0 saturated carbocycles. The fourth-order valence-corrected chi connectivity index (χ4v) is 3.53.